The molecule has 1 heterocycles. The van der Waals surface area contributed by atoms with Crippen molar-refractivity contribution in [3.05, 3.63) is 23.8 Å². The van der Waals surface area contributed by atoms with E-state index in [-0.39, 0.29) is 6.54 Å². The Morgan fingerprint density at radius 3 is 2.72 bits per heavy atom. The number of anilines is 1. The number of rotatable bonds is 6. The third-order valence-corrected chi connectivity index (χ3v) is 4.24. The smallest absolute Gasteiger partial charge is 0.319 e. The highest BCUT2D eigenvalue weighted by Crippen LogP contribution is 2.21. The quantitative estimate of drug-likeness (QED) is 0.731. The van der Waals surface area contributed by atoms with Gasteiger partial charge in [0.15, 0.2) is 0 Å². The molecule has 3 N–H and O–H groups in total. The number of aliphatic hydroxyl groups is 1. The van der Waals surface area contributed by atoms with Crippen molar-refractivity contribution in [2.24, 2.45) is 0 Å². The number of benzene rings is 1. The molecule has 1 aliphatic heterocycles. The van der Waals surface area contributed by atoms with Crippen LogP contribution in [0.25, 0.3) is 0 Å². The van der Waals surface area contributed by atoms with E-state index >= 15 is 0 Å². The summed E-state index contributed by atoms with van der Waals surface area (Å²) >= 11 is 0. The van der Waals surface area contributed by atoms with E-state index in [4.69, 9.17) is 10.00 Å². The first-order chi connectivity index (χ1) is 12.1. The van der Waals surface area contributed by atoms with E-state index in [1.807, 2.05) is 6.07 Å². The van der Waals surface area contributed by atoms with Crippen molar-refractivity contribution in [2.45, 2.75) is 31.8 Å². The number of hydrogen-bond donors (Lipinski definition) is 3. The van der Waals surface area contributed by atoms with Crippen LogP contribution in [0.5, 0.6) is 5.75 Å². The SMILES string of the molecule is COc1ccc(NC(=O)NC[C@@H](O)CN2CCCCCC2)cc1C#N. The number of carbonyl (C=O) groups excluding carboxylic acids is 1. The summed E-state index contributed by atoms with van der Waals surface area (Å²) in [5.41, 5.74) is 0.846. The predicted molar refractivity (Wildman–Crippen MR) is 95.6 cm³/mol. The highest BCUT2D eigenvalue weighted by Gasteiger charge is 2.14. The minimum absolute atomic E-state index is 0.184. The number of likely N-dealkylation sites (tertiary alicyclic amines) is 1. The molecule has 1 aromatic carbocycles. The van der Waals surface area contributed by atoms with E-state index in [0.29, 0.717) is 23.5 Å². The average molecular weight is 346 g/mol. The maximum absolute atomic E-state index is 12.0. The lowest BCUT2D eigenvalue weighted by Crippen LogP contribution is -2.41. The van der Waals surface area contributed by atoms with E-state index in [1.165, 1.54) is 32.8 Å². The minimum atomic E-state index is -0.602. The van der Waals surface area contributed by atoms with Crippen molar-refractivity contribution in [1.82, 2.24) is 10.2 Å². The minimum Gasteiger partial charge on any atom is -0.495 e. The second-order valence-electron chi connectivity index (χ2n) is 6.23. The molecule has 1 aromatic rings. The monoisotopic (exact) mass is 346 g/mol. The fourth-order valence-electron chi connectivity index (χ4n) is 2.94. The van der Waals surface area contributed by atoms with Gasteiger partial charge in [0.05, 0.1) is 18.8 Å². The lowest BCUT2D eigenvalue weighted by atomic mass is 10.2. The van der Waals surface area contributed by atoms with Gasteiger partial charge in [-0.25, -0.2) is 4.79 Å². The van der Waals surface area contributed by atoms with E-state index in [9.17, 15) is 9.90 Å². The first kappa shape index (κ1) is 19.0. The van der Waals surface area contributed by atoms with Gasteiger partial charge in [-0.2, -0.15) is 5.26 Å². The lowest BCUT2D eigenvalue weighted by molar-refractivity contribution is 0.115. The molecule has 2 amide bonds. The summed E-state index contributed by atoms with van der Waals surface area (Å²) in [7, 11) is 1.49. The Labute approximate surface area is 148 Å². The van der Waals surface area contributed by atoms with Gasteiger partial charge in [-0.05, 0) is 44.1 Å². The molecule has 7 nitrogen and oxygen atoms in total. The van der Waals surface area contributed by atoms with Gasteiger partial charge in [0, 0.05) is 18.8 Å². The zero-order chi connectivity index (χ0) is 18.1. The van der Waals surface area contributed by atoms with Crippen molar-refractivity contribution in [1.29, 1.82) is 5.26 Å². The molecule has 1 aliphatic rings. The molecule has 1 atom stereocenters. The number of methoxy groups -OCH3 is 1. The fourth-order valence-corrected chi connectivity index (χ4v) is 2.94. The molecule has 0 aliphatic carbocycles. The van der Waals surface area contributed by atoms with Crippen molar-refractivity contribution < 1.29 is 14.6 Å². The summed E-state index contributed by atoms with van der Waals surface area (Å²) < 4.78 is 5.07. The highest BCUT2D eigenvalue weighted by molar-refractivity contribution is 5.89. The van der Waals surface area contributed by atoms with Crippen LogP contribution < -0.4 is 15.4 Å². The normalized spacial score (nSPS) is 16.4. The van der Waals surface area contributed by atoms with Crippen molar-refractivity contribution in [2.75, 3.05) is 38.6 Å². The molecule has 25 heavy (non-hydrogen) atoms. The van der Waals surface area contributed by atoms with Crippen LogP contribution >= 0.6 is 0 Å². The second-order valence-corrected chi connectivity index (χ2v) is 6.23. The molecule has 2 rings (SSSR count). The molecule has 0 saturated carbocycles. The summed E-state index contributed by atoms with van der Waals surface area (Å²) in [6.07, 6.45) is 4.23. The van der Waals surface area contributed by atoms with Crippen LogP contribution in [-0.4, -0.2) is 55.4 Å². The van der Waals surface area contributed by atoms with Gasteiger partial charge >= 0.3 is 6.03 Å². The molecule has 1 fully saturated rings. The topological polar surface area (TPSA) is 97.6 Å². The predicted octanol–water partition coefficient (Wildman–Crippen LogP) is 1.93. The zero-order valence-electron chi connectivity index (χ0n) is 14.6. The van der Waals surface area contributed by atoms with Crippen LogP contribution in [0.2, 0.25) is 0 Å². The van der Waals surface area contributed by atoms with Gasteiger partial charge in [-0.15, -0.1) is 0 Å². The second kappa shape index (κ2) is 9.87. The molecule has 0 spiro atoms. The third kappa shape index (κ3) is 6.25. The maximum atomic E-state index is 12.0. The van der Waals surface area contributed by atoms with Crippen molar-refractivity contribution >= 4 is 11.7 Å². The molecule has 0 unspecified atom stereocenters. The molecular weight excluding hydrogens is 320 g/mol. The van der Waals surface area contributed by atoms with Gasteiger partial charge in [0.2, 0.25) is 0 Å². The number of aliphatic hydroxyl groups excluding tert-OH is 1. The molecule has 136 valence electrons. The highest BCUT2D eigenvalue weighted by atomic mass is 16.5. The van der Waals surface area contributed by atoms with E-state index in [0.717, 1.165) is 13.1 Å². The Kier molecular flexibility index (Phi) is 7.51. The zero-order valence-corrected chi connectivity index (χ0v) is 14.6. The largest absolute Gasteiger partial charge is 0.495 e. The first-order valence-corrected chi connectivity index (χ1v) is 8.66. The maximum Gasteiger partial charge on any atom is 0.319 e. The Balaban J connectivity index is 1.77. The number of ether oxygens (including phenoxy) is 1. The number of nitrogens with zero attached hydrogens (tertiary/aromatic N) is 2. The van der Waals surface area contributed by atoms with Crippen molar-refractivity contribution in [3.8, 4) is 11.8 Å². The van der Waals surface area contributed by atoms with Crippen LogP contribution in [0.1, 0.15) is 31.2 Å². The van der Waals surface area contributed by atoms with E-state index in [1.54, 1.807) is 18.2 Å². The standard InChI is InChI=1S/C18H26N4O3/c1-25-17-7-6-15(10-14(17)11-19)21-18(24)20-12-16(23)13-22-8-4-2-3-5-9-22/h6-7,10,16,23H,2-5,8-9,12-13H2,1H3,(H2,20,21,24)/t16-/m1/s1. The number of hydrogen-bond acceptors (Lipinski definition) is 5. The number of amides is 2. The van der Waals surface area contributed by atoms with E-state index < -0.39 is 12.1 Å². The van der Waals surface area contributed by atoms with Gasteiger partial charge in [-0.1, -0.05) is 12.8 Å². The number of carbonyl (C=O) groups is 1. The summed E-state index contributed by atoms with van der Waals surface area (Å²) in [4.78, 5) is 14.2. The number of nitriles is 1. The Morgan fingerprint density at radius 2 is 2.08 bits per heavy atom. The summed E-state index contributed by atoms with van der Waals surface area (Å²) in [5, 5.41) is 24.5. The molecular formula is C18H26N4O3. The van der Waals surface area contributed by atoms with Crippen molar-refractivity contribution in [3.63, 3.8) is 0 Å². The molecule has 7 heteroatoms. The van der Waals surface area contributed by atoms with Crippen LogP contribution in [0.15, 0.2) is 18.2 Å². The third-order valence-electron chi connectivity index (χ3n) is 4.24. The summed E-state index contributed by atoms with van der Waals surface area (Å²) in [6, 6.07) is 6.44. The molecule has 1 saturated heterocycles. The van der Waals surface area contributed by atoms with Crippen LogP contribution in [0.4, 0.5) is 10.5 Å². The molecule has 0 bridgehead atoms. The fraction of sp³-hybridized carbons (Fsp3) is 0.556. The van der Waals surface area contributed by atoms with Gasteiger partial charge in [-0.3, -0.25) is 0 Å². The number of β-amino-alcohol motifs (C(OH)–C–C–N with tert-alkyl or cyclic N) is 1. The van der Waals surface area contributed by atoms with Crippen LogP contribution in [0.3, 0.4) is 0 Å². The van der Waals surface area contributed by atoms with E-state index in [2.05, 4.69) is 15.5 Å². The Morgan fingerprint density at radius 1 is 1.36 bits per heavy atom. The van der Waals surface area contributed by atoms with Gasteiger partial charge < -0.3 is 25.4 Å². The number of nitrogens with one attached hydrogen (secondary N) is 2. The Bertz CT molecular complexity index is 607. The summed E-state index contributed by atoms with van der Waals surface area (Å²) in [5.74, 6) is 0.460. The average Bonchev–Trinajstić information content (AvgIpc) is 2.88. The van der Waals surface area contributed by atoms with Gasteiger partial charge in [0.1, 0.15) is 11.8 Å². The molecule has 0 aromatic heterocycles. The van der Waals surface area contributed by atoms with Crippen LogP contribution in [-0.2, 0) is 0 Å². The first-order valence-electron chi connectivity index (χ1n) is 8.66. The van der Waals surface area contributed by atoms with Crippen LogP contribution in [0, 0.1) is 11.3 Å². The van der Waals surface area contributed by atoms with Gasteiger partial charge in [0.25, 0.3) is 0 Å². The Hall–Kier alpha value is -2.30. The molecule has 0 radical (unpaired) electrons. The lowest BCUT2D eigenvalue weighted by Gasteiger charge is -2.23. The number of urea groups is 1. The summed E-state index contributed by atoms with van der Waals surface area (Å²) in [6.45, 7) is 2.77.